The second kappa shape index (κ2) is 7.60. The molecule has 1 aliphatic heterocycles. The average molecular weight is 327 g/mol. The molecule has 23 heavy (non-hydrogen) atoms. The van der Waals surface area contributed by atoms with Crippen LogP contribution in [0.3, 0.4) is 0 Å². The molecule has 4 N–H and O–H groups in total. The van der Waals surface area contributed by atoms with Crippen LogP contribution in [0.4, 0.5) is 5.69 Å². The first-order valence-electron chi connectivity index (χ1n) is 7.14. The zero-order chi connectivity index (χ0) is 17.0. The zero-order valence-electron chi connectivity index (χ0n) is 12.9. The first kappa shape index (κ1) is 17.5. The Bertz CT molecular complexity index is 521. The molecule has 8 heteroatoms. The molecule has 0 radical (unpaired) electrons. The van der Waals surface area contributed by atoms with Gasteiger partial charge in [0.25, 0.3) is 0 Å². The van der Waals surface area contributed by atoms with E-state index in [0.717, 1.165) is 0 Å². The second-order valence-corrected chi connectivity index (χ2v) is 5.23. The van der Waals surface area contributed by atoms with E-state index in [4.69, 9.17) is 19.9 Å². The molecule has 1 aromatic carbocycles. The van der Waals surface area contributed by atoms with Gasteiger partial charge in [0.15, 0.2) is 0 Å². The minimum Gasteiger partial charge on any atom is -0.467 e. The predicted molar refractivity (Wildman–Crippen MR) is 79.6 cm³/mol. The zero-order valence-corrected chi connectivity index (χ0v) is 12.9. The first-order chi connectivity index (χ1) is 10.9. The number of benzene rings is 1. The van der Waals surface area contributed by atoms with Gasteiger partial charge in [-0.05, 0) is 31.2 Å². The minimum absolute atomic E-state index is 0.392. The summed E-state index contributed by atoms with van der Waals surface area (Å²) in [7, 11) is 1.22. The van der Waals surface area contributed by atoms with Crippen molar-refractivity contribution in [2.45, 2.75) is 37.6 Å². The number of hydrogen-bond donors (Lipinski definition) is 3. The van der Waals surface area contributed by atoms with Crippen molar-refractivity contribution in [1.29, 1.82) is 0 Å². The Morgan fingerprint density at radius 1 is 1.26 bits per heavy atom. The van der Waals surface area contributed by atoms with E-state index in [0.29, 0.717) is 11.4 Å². The van der Waals surface area contributed by atoms with Crippen molar-refractivity contribution in [1.82, 2.24) is 0 Å². The predicted octanol–water partition coefficient (Wildman–Crippen LogP) is -0.328. The van der Waals surface area contributed by atoms with E-state index in [-0.39, 0.29) is 0 Å². The number of nitrogen functional groups attached to an aromatic ring is 1. The average Bonchev–Trinajstić information content (AvgIpc) is 2.54. The molecule has 8 nitrogen and oxygen atoms in total. The van der Waals surface area contributed by atoms with E-state index in [1.807, 2.05) is 0 Å². The molecule has 1 saturated heterocycles. The standard InChI is InChI=1S/C15H21NO7/c1-8-12(18)14(21-7-11(17)20-2)13(19)15(22-8)23-10-5-3-9(16)4-6-10/h3-6,8,12-15,18-19H,7,16H2,1-2H3/t8-,12+,13-,14+,15+/m0/s1. The van der Waals surface area contributed by atoms with Crippen molar-refractivity contribution >= 4 is 11.7 Å². The van der Waals surface area contributed by atoms with Crippen LogP contribution in [-0.4, -0.2) is 60.6 Å². The van der Waals surface area contributed by atoms with E-state index >= 15 is 0 Å². The highest BCUT2D eigenvalue weighted by Crippen LogP contribution is 2.26. The maximum atomic E-state index is 11.2. The van der Waals surface area contributed by atoms with Crippen LogP contribution in [-0.2, 0) is 19.0 Å². The molecule has 0 spiro atoms. The van der Waals surface area contributed by atoms with Gasteiger partial charge in [-0.1, -0.05) is 0 Å². The molecule has 0 amide bonds. The molecular formula is C15H21NO7. The third-order valence-corrected chi connectivity index (χ3v) is 3.54. The van der Waals surface area contributed by atoms with Crippen molar-refractivity contribution in [3.05, 3.63) is 24.3 Å². The summed E-state index contributed by atoms with van der Waals surface area (Å²) >= 11 is 0. The van der Waals surface area contributed by atoms with Crippen LogP contribution in [0.5, 0.6) is 5.75 Å². The second-order valence-electron chi connectivity index (χ2n) is 5.23. The molecule has 1 aromatic rings. The number of ether oxygens (including phenoxy) is 4. The molecule has 1 aliphatic rings. The summed E-state index contributed by atoms with van der Waals surface area (Å²) in [4.78, 5) is 11.2. The van der Waals surface area contributed by atoms with Gasteiger partial charge in [-0.3, -0.25) is 0 Å². The van der Waals surface area contributed by atoms with Crippen LogP contribution >= 0.6 is 0 Å². The van der Waals surface area contributed by atoms with Gasteiger partial charge in [0.2, 0.25) is 6.29 Å². The molecule has 0 saturated carbocycles. The first-order valence-corrected chi connectivity index (χ1v) is 7.14. The van der Waals surface area contributed by atoms with Crippen molar-refractivity contribution in [2.24, 2.45) is 0 Å². The van der Waals surface area contributed by atoms with E-state index < -0.39 is 43.3 Å². The van der Waals surface area contributed by atoms with Crippen LogP contribution in [0.1, 0.15) is 6.92 Å². The smallest absolute Gasteiger partial charge is 0.331 e. The number of aliphatic hydroxyl groups is 2. The normalized spacial score (nSPS) is 30.7. The number of carbonyl (C=O) groups is 1. The Hall–Kier alpha value is -1.87. The van der Waals surface area contributed by atoms with Crippen LogP contribution in [0.15, 0.2) is 24.3 Å². The highest BCUT2D eigenvalue weighted by molar-refractivity contribution is 5.70. The van der Waals surface area contributed by atoms with E-state index in [2.05, 4.69) is 4.74 Å². The summed E-state index contributed by atoms with van der Waals surface area (Å²) in [6.45, 7) is 1.22. The number of rotatable bonds is 5. The van der Waals surface area contributed by atoms with Gasteiger partial charge >= 0.3 is 5.97 Å². The van der Waals surface area contributed by atoms with Gasteiger partial charge in [0.05, 0.1) is 13.2 Å². The molecule has 1 fully saturated rings. The summed E-state index contributed by atoms with van der Waals surface area (Å²) in [5, 5.41) is 20.4. The minimum atomic E-state index is -1.29. The van der Waals surface area contributed by atoms with Crippen molar-refractivity contribution < 1.29 is 34.0 Å². The Labute approximate surface area is 133 Å². The molecule has 2 rings (SSSR count). The molecular weight excluding hydrogens is 306 g/mol. The summed E-state index contributed by atoms with van der Waals surface area (Å²) in [5.74, 6) is -0.168. The number of carbonyl (C=O) groups excluding carboxylic acids is 1. The lowest BCUT2D eigenvalue weighted by molar-refractivity contribution is -0.277. The third-order valence-electron chi connectivity index (χ3n) is 3.54. The Balaban J connectivity index is 2.05. The van der Waals surface area contributed by atoms with Gasteiger partial charge in [0.1, 0.15) is 30.7 Å². The number of esters is 1. The van der Waals surface area contributed by atoms with Gasteiger partial charge in [-0.2, -0.15) is 0 Å². The summed E-state index contributed by atoms with van der Waals surface area (Å²) < 4.78 is 20.8. The number of nitrogens with two attached hydrogens (primary N) is 1. The SMILES string of the molecule is COC(=O)CO[C@H]1[C@H](O)[C@@H](Oc2ccc(N)cc2)O[C@@H](C)[C@H]1O. The molecule has 0 bridgehead atoms. The molecule has 5 atom stereocenters. The van der Waals surface area contributed by atoms with Gasteiger partial charge in [-0.25, -0.2) is 4.79 Å². The van der Waals surface area contributed by atoms with Crippen molar-refractivity contribution in [3.8, 4) is 5.75 Å². The van der Waals surface area contributed by atoms with Gasteiger partial charge in [-0.15, -0.1) is 0 Å². The van der Waals surface area contributed by atoms with E-state index in [1.54, 1.807) is 31.2 Å². The maximum Gasteiger partial charge on any atom is 0.331 e. The van der Waals surface area contributed by atoms with Crippen LogP contribution < -0.4 is 10.5 Å². The summed E-state index contributed by atoms with van der Waals surface area (Å²) in [6, 6.07) is 6.55. The highest BCUT2D eigenvalue weighted by atomic mass is 16.7. The van der Waals surface area contributed by atoms with Crippen LogP contribution in [0, 0.1) is 0 Å². The van der Waals surface area contributed by atoms with Crippen LogP contribution in [0.25, 0.3) is 0 Å². The Kier molecular flexibility index (Phi) is 5.78. The fraction of sp³-hybridized carbons (Fsp3) is 0.533. The van der Waals surface area contributed by atoms with Crippen molar-refractivity contribution in [3.63, 3.8) is 0 Å². The fourth-order valence-corrected chi connectivity index (χ4v) is 2.19. The molecule has 1 heterocycles. The van der Waals surface area contributed by atoms with E-state index in [1.165, 1.54) is 7.11 Å². The number of methoxy groups -OCH3 is 1. The molecule has 0 aromatic heterocycles. The van der Waals surface area contributed by atoms with Crippen LogP contribution in [0.2, 0.25) is 0 Å². The molecule has 0 aliphatic carbocycles. The Morgan fingerprint density at radius 3 is 2.52 bits per heavy atom. The topological polar surface area (TPSA) is 120 Å². The number of anilines is 1. The van der Waals surface area contributed by atoms with Gasteiger partial charge in [0, 0.05) is 5.69 Å². The Morgan fingerprint density at radius 2 is 1.91 bits per heavy atom. The summed E-state index contributed by atoms with van der Waals surface area (Å²) in [6.07, 6.45) is -5.15. The fourth-order valence-electron chi connectivity index (χ4n) is 2.19. The van der Waals surface area contributed by atoms with Gasteiger partial charge < -0.3 is 34.9 Å². The lowest BCUT2D eigenvalue weighted by Gasteiger charge is -2.40. The maximum absolute atomic E-state index is 11.2. The lowest BCUT2D eigenvalue weighted by Crippen LogP contribution is -2.59. The third kappa shape index (κ3) is 4.32. The number of aliphatic hydroxyl groups excluding tert-OH is 2. The van der Waals surface area contributed by atoms with Crippen molar-refractivity contribution in [2.75, 3.05) is 19.5 Å². The number of hydrogen-bond acceptors (Lipinski definition) is 8. The largest absolute Gasteiger partial charge is 0.467 e. The lowest BCUT2D eigenvalue weighted by atomic mass is 9.99. The monoisotopic (exact) mass is 327 g/mol. The molecule has 0 unspecified atom stereocenters. The quantitative estimate of drug-likeness (QED) is 0.497. The highest BCUT2D eigenvalue weighted by Gasteiger charge is 2.45. The molecule has 128 valence electrons. The van der Waals surface area contributed by atoms with E-state index in [9.17, 15) is 15.0 Å². The summed E-state index contributed by atoms with van der Waals surface area (Å²) in [5.41, 5.74) is 6.17.